The number of hydrogen-bond acceptors (Lipinski definition) is 3. The summed E-state index contributed by atoms with van der Waals surface area (Å²) in [7, 11) is -1.01. The van der Waals surface area contributed by atoms with Crippen molar-refractivity contribution in [2.75, 3.05) is 12.3 Å². The first-order chi connectivity index (χ1) is 8.46. The Morgan fingerprint density at radius 3 is 2.78 bits per heavy atom. The van der Waals surface area contributed by atoms with Crippen LogP contribution < -0.4 is 5.73 Å². The van der Waals surface area contributed by atoms with E-state index in [4.69, 9.17) is 10.5 Å². The summed E-state index contributed by atoms with van der Waals surface area (Å²) in [5, 5.41) is 5.48. The van der Waals surface area contributed by atoms with Crippen LogP contribution in [0.25, 0.3) is 10.9 Å². The summed E-state index contributed by atoms with van der Waals surface area (Å²) >= 11 is 0. The Morgan fingerprint density at radius 1 is 1.33 bits per heavy atom. The minimum Gasteiger partial charge on any atom is -0.397 e. The molecule has 0 radical (unpaired) electrons. The van der Waals surface area contributed by atoms with E-state index in [1.165, 1.54) is 6.04 Å². The van der Waals surface area contributed by atoms with Crippen LogP contribution in [0, 0.1) is 0 Å². The molecule has 1 heterocycles. The molecule has 0 fully saturated rings. The van der Waals surface area contributed by atoms with Gasteiger partial charge in [0.1, 0.15) is 12.2 Å². The van der Waals surface area contributed by atoms with Crippen molar-refractivity contribution in [3.63, 3.8) is 0 Å². The average Bonchev–Trinajstić information content (AvgIpc) is 2.68. The number of aromatic nitrogens is 2. The van der Waals surface area contributed by atoms with Gasteiger partial charge < -0.3 is 10.5 Å². The molecular weight excluding hydrogens is 242 g/mol. The topological polar surface area (TPSA) is 53.1 Å². The number of nitrogens with two attached hydrogens (primary N) is 1. The lowest BCUT2D eigenvalue weighted by molar-refractivity contribution is 0.0791. The quantitative estimate of drug-likeness (QED) is 0.512. The molecule has 0 aliphatic carbocycles. The Labute approximate surface area is 109 Å². The lowest BCUT2D eigenvalue weighted by Crippen LogP contribution is -2.22. The zero-order valence-corrected chi connectivity index (χ0v) is 12.3. The summed E-state index contributed by atoms with van der Waals surface area (Å²) < 4.78 is 7.47. The lowest BCUT2D eigenvalue weighted by atomic mass is 10.2. The van der Waals surface area contributed by atoms with Gasteiger partial charge in [0.25, 0.3) is 0 Å². The van der Waals surface area contributed by atoms with Gasteiger partial charge in [0.15, 0.2) is 0 Å². The van der Waals surface area contributed by atoms with E-state index >= 15 is 0 Å². The molecule has 0 unspecified atom stereocenters. The van der Waals surface area contributed by atoms with Gasteiger partial charge in [-0.25, -0.2) is 4.68 Å². The van der Waals surface area contributed by atoms with Crippen LogP contribution in [0.15, 0.2) is 24.4 Å². The van der Waals surface area contributed by atoms with Gasteiger partial charge in [-0.15, -0.1) is 0 Å². The van der Waals surface area contributed by atoms with Crippen LogP contribution in [0.4, 0.5) is 5.69 Å². The van der Waals surface area contributed by atoms with Crippen molar-refractivity contribution in [1.82, 2.24) is 9.78 Å². The highest BCUT2D eigenvalue weighted by molar-refractivity contribution is 6.76. The van der Waals surface area contributed by atoms with E-state index in [9.17, 15) is 0 Å². The molecule has 2 rings (SSSR count). The fraction of sp³-hybridized carbons (Fsp3) is 0.462. The predicted molar refractivity (Wildman–Crippen MR) is 78.3 cm³/mol. The Hall–Kier alpha value is -1.33. The Morgan fingerprint density at radius 2 is 2.11 bits per heavy atom. The molecule has 0 spiro atoms. The van der Waals surface area contributed by atoms with Crippen molar-refractivity contribution in [3.8, 4) is 0 Å². The number of rotatable bonds is 5. The Kier molecular flexibility index (Phi) is 3.73. The molecule has 0 aliphatic rings. The minimum atomic E-state index is -1.01. The molecule has 1 aromatic carbocycles. The van der Waals surface area contributed by atoms with E-state index in [2.05, 4.69) is 24.7 Å². The predicted octanol–water partition coefficient (Wildman–Crippen LogP) is 2.93. The van der Waals surface area contributed by atoms with Crippen LogP contribution >= 0.6 is 0 Å². The lowest BCUT2D eigenvalue weighted by Gasteiger charge is -2.15. The van der Waals surface area contributed by atoms with Crippen molar-refractivity contribution in [2.24, 2.45) is 0 Å². The summed E-state index contributed by atoms with van der Waals surface area (Å²) in [6.45, 7) is 8.35. The molecule has 0 aliphatic heterocycles. The highest BCUT2D eigenvalue weighted by Gasteiger charge is 2.12. The zero-order chi connectivity index (χ0) is 13.2. The molecule has 1 aromatic heterocycles. The summed E-state index contributed by atoms with van der Waals surface area (Å²) in [4.78, 5) is 0. The first-order valence-electron chi connectivity index (χ1n) is 6.25. The molecule has 5 heteroatoms. The third-order valence-corrected chi connectivity index (χ3v) is 4.54. The fourth-order valence-corrected chi connectivity index (χ4v) is 2.48. The molecular formula is C13H21N3OSi. The number of benzene rings is 1. The number of ether oxygens (including phenoxy) is 1. The summed E-state index contributed by atoms with van der Waals surface area (Å²) in [6.07, 6.45) is 1.97. The monoisotopic (exact) mass is 263 g/mol. The van der Waals surface area contributed by atoms with Crippen molar-refractivity contribution < 1.29 is 4.74 Å². The molecule has 0 atom stereocenters. The molecule has 4 nitrogen and oxygen atoms in total. The molecule has 0 bridgehead atoms. The van der Waals surface area contributed by atoms with Gasteiger partial charge in [-0.2, -0.15) is 5.10 Å². The van der Waals surface area contributed by atoms with E-state index < -0.39 is 8.07 Å². The molecule has 0 saturated heterocycles. The Bertz CT molecular complexity index is 531. The maximum absolute atomic E-state index is 5.87. The molecule has 18 heavy (non-hydrogen) atoms. The number of nitrogen functional groups attached to an aromatic ring is 1. The maximum Gasteiger partial charge on any atom is 0.139 e. The second-order valence-electron chi connectivity index (χ2n) is 5.80. The first-order valence-corrected chi connectivity index (χ1v) is 9.96. The normalized spacial score (nSPS) is 12.2. The minimum absolute atomic E-state index is 0.499. The van der Waals surface area contributed by atoms with Crippen LogP contribution in [0.2, 0.25) is 25.7 Å². The van der Waals surface area contributed by atoms with Crippen molar-refractivity contribution in [2.45, 2.75) is 32.4 Å². The number of anilines is 1. The first kappa shape index (κ1) is 13.1. The Balaban J connectivity index is 1.94. The standard InChI is InChI=1S/C13H21N3OSi/c1-18(2,3)8-7-17-10-16-9-11-5-4-6-12(14)13(11)15-16/h4-6,9H,7-8,10,14H2,1-3H3. The van der Waals surface area contributed by atoms with E-state index in [1.54, 1.807) is 0 Å². The van der Waals surface area contributed by atoms with Gasteiger partial charge in [0.2, 0.25) is 0 Å². The summed E-state index contributed by atoms with van der Waals surface area (Å²) in [6, 6.07) is 6.99. The largest absolute Gasteiger partial charge is 0.397 e. The van der Waals surface area contributed by atoms with Gasteiger partial charge in [-0.1, -0.05) is 31.8 Å². The van der Waals surface area contributed by atoms with Crippen molar-refractivity contribution >= 4 is 24.7 Å². The van der Waals surface area contributed by atoms with E-state index in [0.29, 0.717) is 12.4 Å². The number of hydrogen-bond donors (Lipinski definition) is 1. The molecule has 2 aromatic rings. The van der Waals surface area contributed by atoms with Crippen LogP contribution in [0.5, 0.6) is 0 Å². The highest BCUT2D eigenvalue weighted by atomic mass is 28.3. The summed E-state index contributed by atoms with van der Waals surface area (Å²) in [5.41, 5.74) is 7.44. The van der Waals surface area contributed by atoms with Crippen LogP contribution in [0.3, 0.4) is 0 Å². The van der Waals surface area contributed by atoms with Gasteiger partial charge >= 0.3 is 0 Å². The average molecular weight is 263 g/mol. The summed E-state index contributed by atoms with van der Waals surface area (Å²) in [5.74, 6) is 0. The van der Waals surface area contributed by atoms with Crippen LogP contribution in [0.1, 0.15) is 0 Å². The number of fused-ring (bicyclic) bond motifs is 1. The van der Waals surface area contributed by atoms with E-state index in [-0.39, 0.29) is 0 Å². The molecule has 0 saturated carbocycles. The van der Waals surface area contributed by atoms with Gasteiger partial charge in [0, 0.05) is 26.3 Å². The second kappa shape index (κ2) is 5.12. The smallest absolute Gasteiger partial charge is 0.139 e. The van der Waals surface area contributed by atoms with Crippen molar-refractivity contribution in [3.05, 3.63) is 24.4 Å². The third kappa shape index (κ3) is 3.33. The molecule has 0 amide bonds. The van der Waals surface area contributed by atoms with Crippen LogP contribution in [-0.2, 0) is 11.5 Å². The fourth-order valence-electron chi connectivity index (χ4n) is 1.72. The van der Waals surface area contributed by atoms with Gasteiger partial charge in [0.05, 0.1) is 5.69 Å². The van der Waals surface area contributed by atoms with Gasteiger partial charge in [-0.3, -0.25) is 0 Å². The number of nitrogens with zero attached hydrogens (tertiary/aromatic N) is 2. The zero-order valence-electron chi connectivity index (χ0n) is 11.3. The van der Waals surface area contributed by atoms with Crippen molar-refractivity contribution in [1.29, 1.82) is 0 Å². The third-order valence-electron chi connectivity index (χ3n) is 2.83. The van der Waals surface area contributed by atoms with E-state index in [0.717, 1.165) is 17.5 Å². The second-order valence-corrected chi connectivity index (χ2v) is 11.4. The highest BCUT2D eigenvalue weighted by Crippen LogP contribution is 2.18. The molecule has 2 N–H and O–H groups in total. The maximum atomic E-state index is 5.87. The molecule has 98 valence electrons. The van der Waals surface area contributed by atoms with Crippen LogP contribution in [-0.4, -0.2) is 24.5 Å². The SMILES string of the molecule is C[Si](C)(C)CCOCn1cc2cccc(N)c2n1. The van der Waals surface area contributed by atoms with Gasteiger partial charge in [-0.05, 0) is 12.1 Å². The van der Waals surface area contributed by atoms with E-state index in [1.807, 2.05) is 29.1 Å².